The van der Waals surface area contributed by atoms with Gasteiger partial charge < -0.3 is 5.32 Å². The molecule has 0 unspecified atom stereocenters. The molecule has 2 heterocycles. The van der Waals surface area contributed by atoms with Gasteiger partial charge in [-0.05, 0) is 57.7 Å². The number of carbonyl (C=O) groups excluding carboxylic acids is 1. The zero-order valence-electron chi connectivity index (χ0n) is 16.2. The van der Waals surface area contributed by atoms with E-state index in [1.54, 1.807) is 15.9 Å². The molecule has 1 aliphatic rings. The largest absolute Gasteiger partial charge is 0.355 e. The SMILES string of the molecule is CCNC(=O)[C@@H](C)Sc1nc2sc3c(c2c(=O)n1-c1ccc(C)cc1)CCC3. The second kappa shape index (κ2) is 7.72. The monoisotopic (exact) mass is 413 g/mol. The predicted octanol–water partition coefficient (Wildman–Crippen LogP) is 3.86. The van der Waals surface area contributed by atoms with E-state index in [0.29, 0.717) is 11.7 Å². The van der Waals surface area contributed by atoms with Crippen LogP contribution in [0, 0.1) is 6.92 Å². The Kier molecular flexibility index (Phi) is 5.29. The lowest BCUT2D eigenvalue weighted by atomic mass is 10.2. The third-order valence-corrected chi connectivity index (χ3v) is 7.24. The fraction of sp³-hybridized carbons (Fsp3) is 0.381. The highest BCUT2D eigenvalue weighted by Crippen LogP contribution is 2.36. The first-order valence-corrected chi connectivity index (χ1v) is 11.3. The molecule has 1 N–H and O–H groups in total. The molecule has 1 aliphatic carbocycles. The quantitative estimate of drug-likeness (QED) is 0.510. The molecule has 0 aliphatic heterocycles. The van der Waals surface area contributed by atoms with Crippen LogP contribution in [0.4, 0.5) is 0 Å². The van der Waals surface area contributed by atoms with E-state index in [1.807, 2.05) is 45.0 Å². The van der Waals surface area contributed by atoms with Crippen molar-refractivity contribution in [3.63, 3.8) is 0 Å². The Labute approximate surface area is 172 Å². The Morgan fingerprint density at radius 3 is 2.79 bits per heavy atom. The van der Waals surface area contributed by atoms with E-state index < -0.39 is 0 Å². The predicted molar refractivity (Wildman–Crippen MR) is 116 cm³/mol. The molecule has 0 fully saturated rings. The second-order valence-electron chi connectivity index (χ2n) is 7.06. The minimum Gasteiger partial charge on any atom is -0.355 e. The van der Waals surface area contributed by atoms with Crippen molar-refractivity contribution in [2.45, 2.75) is 50.4 Å². The van der Waals surface area contributed by atoms with Gasteiger partial charge in [0.15, 0.2) is 5.16 Å². The van der Waals surface area contributed by atoms with Crippen molar-refractivity contribution in [3.05, 3.63) is 50.6 Å². The van der Waals surface area contributed by atoms with Crippen molar-refractivity contribution in [1.82, 2.24) is 14.9 Å². The lowest BCUT2D eigenvalue weighted by Crippen LogP contribution is -2.31. The van der Waals surface area contributed by atoms with E-state index in [2.05, 4.69) is 5.32 Å². The van der Waals surface area contributed by atoms with Crippen LogP contribution in [0.25, 0.3) is 15.9 Å². The molecular formula is C21H23N3O2S2. The zero-order chi connectivity index (χ0) is 19.8. The summed E-state index contributed by atoms with van der Waals surface area (Å²) in [5.41, 5.74) is 3.06. The van der Waals surface area contributed by atoms with E-state index in [-0.39, 0.29) is 16.7 Å². The highest BCUT2D eigenvalue weighted by Gasteiger charge is 2.25. The van der Waals surface area contributed by atoms with Crippen LogP contribution in [0.3, 0.4) is 0 Å². The first-order chi connectivity index (χ1) is 13.5. The molecule has 0 radical (unpaired) electrons. The summed E-state index contributed by atoms with van der Waals surface area (Å²) in [5.74, 6) is -0.0500. The molecule has 0 saturated carbocycles. The fourth-order valence-corrected chi connectivity index (χ4v) is 5.81. The zero-order valence-corrected chi connectivity index (χ0v) is 17.9. The second-order valence-corrected chi connectivity index (χ2v) is 9.45. The molecule has 2 aromatic heterocycles. The van der Waals surface area contributed by atoms with Gasteiger partial charge in [-0.3, -0.25) is 14.2 Å². The number of nitrogens with one attached hydrogen (secondary N) is 1. The summed E-state index contributed by atoms with van der Waals surface area (Å²) in [6, 6.07) is 7.87. The Bertz CT molecular complexity index is 1100. The average molecular weight is 414 g/mol. The average Bonchev–Trinajstić information content (AvgIpc) is 3.24. The first kappa shape index (κ1) is 19.2. The number of amides is 1. The van der Waals surface area contributed by atoms with Gasteiger partial charge in [0.2, 0.25) is 5.91 Å². The molecule has 4 rings (SSSR count). The van der Waals surface area contributed by atoms with E-state index >= 15 is 0 Å². The number of hydrogen-bond acceptors (Lipinski definition) is 5. The number of carbonyl (C=O) groups is 1. The number of hydrogen-bond donors (Lipinski definition) is 1. The topological polar surface area (TPSA) is 64.0 Å². The van der Waals surface area contributed by atoms with E-state index in [0.717, 1.165) is 40.7 Å². The van der Waals surface area contributed by atoms with Gasteiger partial charge in [-0.25, -0.2) is 4.98 Å². The number of aryl methyl sites for hydroxylation is 3. The van der Waals surface area contributed by atoms with Gasteiger partial charge in [0.05, 0.1) is 16.3 Å². The van der Waals surface area contributed by atoms with Crippen molar-refractivity contribution in [3.8, 4) is 5.69 Å². The maximum absolute atomic E-state index is 13.5. The van der Waals surface area contributed by atoms with Crippen LogP contribution in [0.5, 0.6) is 0 Å². The van der Waals surface area contributed by atoms with Gasteiger partial charge in [-0.2, -0.15) is 0 Å². The van der Waals surface area contributed by atoms with Crippen molar-refractivity contribution in [2.75, 3.05) is 6.54 Å². The third-order valence-electron chi connectivity index (χ3n) is 5.00. The molecule has 7 heteroatoms. The summed E-state index contributed by atoms with van der Waals surface area (Å²) in [7, 11) is 0. The Balaban J connectivity index is 1.89. The summed E-state index contributed by atoms with van der Waals surface area (Å²) in [6.07, 6.45) is 3.08. The summed E-state index contributed by atoms with van der Waals surface area (Å²) < 4.78 is 1.67. The smallest absolute Gasteiger partial charge is 0.267 e. The van der Waals surface area contributed by atoms with Gasteiger partial charge in [0, 0.05) is 11.4 Å². The molecular weight excluding hydrogens is 390 g/mol. The molecule has 3 aromatic rings. The van der Waals surface area contributed by atoms with Crippen LogP contribution in [0.1, 0.15) is 36.3 Å². The van der Waals surface area contributed by atoms with Crippen LogP contribution in [-0.4, -0.2) is 27.3 Å². The number of benzene rings is 1. The number of aromatic nitrogens is 2. The summed E-state index contributed by atoms with van der Waals surface area (Å²) in [5, 5.41) is 3.83. The fourth-order valence-electron chi connectivity index (χ4n) is 3.55. The molecule has 0 spiro atoms. The molecule has 1 aromatic carbocycles. The lowest BCUT2D eigenvalue weighted by molar-refractivity contribution is -0.120. The number of thiophene rings is 1. The first-order valence-electron chi connectivity index (χ1n) is 9.58. The van der Waals surface area contributed by atoms with E-state index in [9.17, 15) is 9.59 Å². The summed E-state index contributed by atoms with van der Waals surface area (Å²) in [4.78, 5) is 32.7. The van der Waals surface area contributed by atoms with Crippen LogP contribution < -0.4 is 10.9 Å². The standard InChI is InChI=1S/C21H23N3O2S2/c1-4-22-18(25)13(3)27-21-23-19-17(15-6-5-7-16(15)28-19)20(26)24(21)14-10-8-12(2)9-11-14/h8-11,13H,4-7H2,1-3H3,(H,22,25)/t13-/m1/s1. The maximum atomic E-state index is 13.5. The minimum absolute atomic E-state index is 0.0288. The van der Waals surface area contributed by atoms with Crippen LogP contribution >= 0.6 is 23.1 Å². The van der Waals surface area contributed by atoms with Gasteiger partial charge >= 0.3 is 0 Å². The minimum atomic E-state index is -0.340. The number of rotatable bonds is 5. The summed E-state index contributed by atoms with van der Waals surface area (Å²) in [6.45, 7) is 6.35. The van der Waals surface area contributed by atoms with Crippen LogP contribution in [0.2, 0.25) is 0 Å². The molecule has 5 nitrogen and oxygen atoms in total. The van der Waals surface area contributed by atoms with Crippen molar-refractivity contribution in [2.24, 2.45) is 0 Å². The third kappa shape index (κ3) is 3.37. The maximum Gasteiger partial charge on any atom is 0.267 e. The molecule has 28 heavy (non-hydrogen) atoms. The van der Waals surface area contributed by atoms with Gasteiger partial charge in [-0.1, -0.05) is 29.5 Å². The number of fused-ring (bicyclic) bond motifs is 3. The Hall–Kier alpha value is -2.12. The van der Waals surface area contributed by atoms with Gasteiger partial charge in [0.1, 0.15) is 4.83 Å². The highest BCUT2D eigenvalue weighted by molar-refractivity contribution is 8.00. The van der Waals surface area contributed by atoms with Crippen molar-refractivity contribution >= 4 is 39.2 Å². The van der Waals surface area contributed by atoms with Crippen molar-refractivity contribution in [1.29, 1.82) is 0 Å². The van der Waals surface area contributed by atoms with E-state index in [4.69, 9.17) is 4.98 Å². The Morgan fingerprint density at radius 1 is 1.32 bits per heavy atom. The molecule has 0 bridgehead atoms. The van der Waals surface area contributed by atoms with Crippen LogP contribution in [0.15, 0.2) is 34.2 Å². The normalized spacial score (nSPS) is 14.2. The number of nitrogens with zero attached hydrogens (tertiary/aromatic N) is 2. The summed E-state index contributed by atoms with van der Waals surface area (Å²) >= 11 is 2.96. The van der Waals surface area contributed by atoms with Gasteiger partial charge in [0.25, 0.3) is 5.56 Å². The lowest BCUT2D eigenvalue weighted by Gasteiger charge is -2.16. The Morgan fingerprint density at radius 2 is 2.07 bits per heavy atom. The van der Waals surface area contributed by atoms with Crippen molar-refractivity contribution < 1.29 is 4.79 Å². The molecule has 1 amide bonds. The van der Waals surface area contributed by atoms with Gasteiger partial charge in [-0.15, -0.1) is 11.3 Å². The van der Waals surface area contributed by atoms with E-state index in [1.165, 1.54) is 22.2 Å². The molecule has 0 saturated heterocycles. The molecule has 146 valence electrons. The molecule has 1 atom stereocenters. The highest BCUT2D eigenvalue weighted by atomic mass is 32.2. The number of thioether (sulfide) groups is 1. The van der Waals surface area contributed by atoms with Crippen LogP contribution in [-0.2, 0) is 17.6 Å².